The normalized spacial score (nSPS) is 12.0. The van der Waals surface area contributed by atoms with Crippen LogP contribution in [-0.2, 0) is 49.1 Å². The standard InChI is InChI=1S/C29H35F3N4O5Si.C22H31ClN4O3Si.C7H5F3O2/c1-5-6-15-34-26(37)24-25(36(28(34)38)20-39-16-17-42(2,3)4)33-27(35(24)19-21-11-8-7-9-12-21)40-22-13-10-14-23(18-22)41-29(30,31)32;1-5-6-12-25-20(28)18-19(27(22(25)29)16-30-13-14-31(2,3)4)24-21(23)26(18)15-17-10-8-7-9-11-17;8-7(9,10)12-6-3-1-2-5(11)4-6/h7-14,18H,5-6,15-17,19-20H2,1-4H3;7-11H,5-6,12-16H2,1-4H3;1-4,11H. The van der Waals surface area contributed by atoms with Crippen LogP contribution >= 0.6 is 11.6 Å². The largest absolute Gasteiger partial charge is 0.573 e. The van der Waals surface area contributed by atoms with E-state index in [0.717, 1.165) is 66.7 Å². The van der Waals surface area contributed by atoms with Crippen LogP contribution in [0.1, 0.15) is 50.7 Å². The summed E-state index contributed by atoms with van der Waals surface area (Å²) in [4.78, 5) is 62.7. The van der Waals surface area contributed by atoms with E-state index in [1.165, 1.54) is 47.1 Å². The Hall–Kier alpha value is -7.40. The summed E-state index contributed by atoms with van der Waals surface area (Å²) in [5, 5.41) is 8.94. The molecular formula is C58H71ClF6N8O10Si2. The molecule has 0 bridgehead atoms. The Morgan fingerprint density at radius 1 is 0.529 bits per heavy atom. The molecule has 460 valence electrons. The van der Waals surface area contributed by atoms with Crippen molar-refractivity contribution < 1.29 is 55.1 Å². The molecule has 0 radical (unpaired) electrons. The van der Waals surface area contributed by atoms with Crippen LogP contribution < -0.4 is 36.7 Å². The van der Waals surface area contributed by atoms with Gasteiger partial charge in [-0.25, -0.2) is 9.59 Å². The van der Waals surface area contributed by atoms with E-state index < -0.39 is 57.3 Å². The van der Waals surface area contributed by atoms with Crippen LogP contribution in [0.15, 0.2) is 128 Å². The fourth-order valence-electron chi connectivity index (χ4n) is 8.28. The maximum atomic E-state index is 13.8. The van der Waals surface area contributed by atoms with Gasteiger partial charge in [0, 0.05) is 54.6 Å². The summed E-state index contributed by atoms with van der Waals surface area (Å²) in [6.45, 7) is 19.5. The maximum absolute atomic E-state index is 13.8. The van der Waals surface area contributed by atoms with Gasteiger partial charge < -0.3 is 33.4 Å². The SMILES string of the molecule is CCCCn1c(=O)c2c(nc(Cl)n2Cc2ccccc2)n(COCC[Si](C)(C)C)c1=O.CCCCn1c(=O)c2c(nc(Oc3cccc(OC(F)(F)F)c3)n2Cc2ccccc2)n(COCC[Si](C)(C)C)c1=O.Oc1cccc(OC(F)(F)F)c1. The first-order valence-corrected chi connectivity index (χ1v) is 35.3. The molecule has 0 saturated heterocycles. The molecule has 0 fully saturated rings. The number of unbranched alkanes of at least 4 members (excludes halogenated alkanes) is 2. The number of hydrogen-bond acceptors (Lipinski definition) is 12. The van der Waals surface area contributed by atoms with Gasteiger partial charge in [0.2, 0.25) is 5.28 Å². The zero-order valence-electron chi connectivity index (χ0n) is 48.6. The quantitative estimate of drug-likeness (QED) is 0.0261. The Morgan fingerprint density at radius 3 is 1.40 bits per heavy atom. The van der Waals surface area contributed by atoms with Crippen LogP contribution in [0.2, 0.25) is 56.7 Å². The first-order valence-electron chi connectivity index (χ1n) is 27.5. The Balaban J connectivity index is 0.000000234. The number of phenolic OH excluding ortho intramolecular Hbond substituents is 1. The highest BCUT2D eigenvalue weighted by atomic mass is 35.5. The van der Waals surface area contributed by atoms with Crippen LogP contribution in [0, 0.1) is 0 Å². The minimum atomic E-state index is -4.88. The Morgan fingerprint density at radius 2 is 0.953 bits per heavy atom. The first-order chi connectivity index (χ1) is 40.1. The van der Waals surface area contributed by atoms with E-state index in [1.54, 1.807) is 4.57 Å². The lowest BCUT2D eigenvalue weighted by atomic mass is 10.2. The fraction of sp³-hybridized carbons (Fsp3) is 0.414. The molecule has 0 aliphatic carbocycles. The zero-order valence-corrected chi connectivity index (χ0v) is 51.4. The van der Waals surface area contributed by atoms with Gasteiger partial charge in [0.1, 0.15) is 36.5 Å². The third kappa shape index (κ3) is 19.8. The second-order valence-corrected chi connectivity index (χ2v) is 33.8. The smallest absolute Gasteiger partial charge is 0.508 e. The number of fused-ring (bicyclic) bond motifs is 2. The van der Waals surface area contributed by atoms with Crippen molar-refractivity contribution in [1.82, 2.24) is 37.4 Å². The van der Waals surface area contributed by atoms with Gasteiger partial charge in [0.15, 0.2) is 22.3 Å². The molecule has 0 saturated carbocycles. The predicted octanol–water partition coefficient (Wildman–Crippen LogP) is 12.7. The molecule has 0 atom stereocenters. The number of ether oxygens (including phenoxy) is 5. The summed E-state index contributed by atoms with van der Waals surface area (Å²) in [6.07, 6.45) is -6.61. The van der Waals surface area contributed by atoms with Gasteiger partial charge in [-0.05, 0) is 71.9 Å². The summed E-state index contributed by atoms with van der Waals surface area (Å²) in [6, 6.07) is 30.3. The van der Waals surface area contributed by atoms with Crippen LogP contribution in [0.4, 0.5) is 26.3 Å². The van der Waals surface area contributed by atoms with E-state index in [9.17, 15) is 45.5 Å². The fourth-order valence-corrected chi connectivity index (χ4v) is 10.0. The van der Waals surface area contributed by atoms with Gasteiger partial charge >= 0.3 is 30.1 Å². The van der Waals surface area contributed by atoms with Crippen LogP contribution in [0.5, 0.6) is 29.0 Å². The third-order valence-corrected chi connectivity index (χ3v) is 16.4. The van der Waals surface area contributed by atoms with Crippen molar-refractivity contribution in [2.24, 2.45) is 0 Å². The second-order valence-electron chi connectivity index (χ2n) is 22.2. The van der Waals surface area contributed by atoms with Gasteiger partial charge in [-0.15, -0.1) is 26.3 Å². The molecule has 0 aliphatic rings. The number of phenols is 1. The summed E-state index contributed by atoms with van der Waals surface area (Å²) >= 11 is 6.44. The van der Waals surface area contributed by atoms with E-state index >= 15 is 0 Å². The maximum Gasteiger partial charge on any atom is 0.573 e. The zero-order chi connectivity index (χ0) is 62.3. The van der Waals surface area contributed by atoms with E-state index in [2.05, 4.69) is 58.7 Å². The first kappa shape index (κ1) is 66.7. The summed E-state index contributed by atoms with van der Waals surface area (Å²) in [5.41, 5.74) is 0.768. The number of aromatic nitrogens is 8. The Labute approximate surface area is 493 Å². The third-order valence-electron chi connectivity index (χ3n) is 12.7. The molecule has 0 spiro atoms. The number of imidazole rings is 2. The van der Waals surface area contributed by atoms with E-state index in [4.69, 9.17) is 30.9 Å². The molecule has 4 aromatic heterocycles. The van der Waals surface area contributed by atoms with E-state index in [0.29, 0.717) is 38.2 Å². The lowest BCUT2D eigenvalue weighted by Gasteiger charge is -2.16. The molecule has 27 heteroatoms. The van der Waals surface area contributed by atoms with Crippen molar-refractivity contribution in [3.63, 3.8) is 0 Å². The molecule has 0 aliphatic heterocycles. The number of rotatable bonds is 24. The van der Waals surface area contributed by atoms with Crippen molar-refractivity contribution in [1.29, 1.82) is 0 Å². The summed E-state index contributed by atoms with van der Waals surface area (Å²) < 4.78 is 107. The molecule has 18 nitrogen and oxygen atoms in total. The average Bonchev–Trinajstić information content (AvgIpc) is 1.78. The Kier molecular flexibility index (Phi) is 23.2. The summed E-state index contributed by atoms with van der Waals surface area (Å²) in [5.74, 6) is -1.16. The van der Waals surface area contributed by atoms with E-state index in [1.807, 2.05) is 74.5 Å². The van der Waals surface area contributed by atoms with Gasteiger partial charge in [-0.3, -0.25) is 32.4 Å². The molecule has 0 unspecified atom stereocenters. The topological polar surface area (TPSA) is 190 Å². The van der Waals surface area contributed by atoms with Gasteiger partial charge in [0.05, 0.1) is 13.1 Å². The van der Waals surface area contributed by atoms with Gasteiger partial charge in [-0.1, -0.05) is 139 Å². The Bertz CT molecular complexity index is 3730. The number of alkyl halides is 6. The molecule has 4 aromatic carbocycles. The van der Waals surface area contributed by atoms with Crippen molar-refractivity contribution in [3.05, 3.63) is 167 Å². The molecule has 0 amide bonds. The molecule has 8 rings (SSSR count). The van der Waals surface area contributed by atoms with Crippen molar-refractivity contribution >= 4 is 50.1 Å². The van der Waals surface area contributed by atoms with Crippen LogP contribution in [-0.4, -0.2) is 84.6 Å². The number of nitrogens with zero attached hydrogens (tertiary/aromatic N) is 8. The number of aromatic hydroxyl groups is 1. The van der Waals surface area contributed by atoms with E-state index in [-0.39, 0.29) is 71.7 Å². The minimum absolute atomic E-state index is 0.00737. The molecule has 85 heavy (non-hydrogen) atoms. The lowest BCUT2D eigenvalue weighted by Crippen LogP contribution is -2.41. The van der Waals surface area contributed by atoms with Crippen molar-refractivity contribution in [3.8, 4) is 29.0 Å². The average molecular weight is 1250 g/mol. The van der Waals surface area contributed by atoms with Crippen molar-refractivity contribution in [2.45, 2.75) is 143 Å². The minimum Gasteiger partial charge on any atom is -0.508 e. The highest BCUT2D eigenvalue weighted by Gasteiger charge is 2.32. The van der Waals surface area contributed by atoms with Crippen molar-refractivity contribution in [2.75, 3.05) is 13.2 Å². The van der Waals surface area contributed by atoms with Crippen LogP contribution in [0.3, 0.4) is 0 Å². The lowest BCUT2D eigenvalue weighted by molar-refractivity contribution is -0.275. The number of hydrogen-bond donors (Lipinski definition) is 1. The predicted molar refractivity (Wildman–Crippen MR) is 319 cm³/mol. The summed E-state index contributed by atoms with van der Waals surface area (Å²) in [7, 11) is -2.66. The van der Waals surface area contributed by atoms with Crippen LogP contribution in [0.25, 0.3) is 22.3 Å². The molecule has 1 N–H and O–H groups in total. The molecule has 4 heterocycles. The second kappa shape index (κ2) is 29.6. The van der Waals surface area contributed by atoms with Gasteiger partial charge in [0.25, 0.3) is 11.1 Å². The highest BCUT2D eigenvalue weighted by Crippen LogP contribution is 2.31. The molecular weight excluding hydrogens is 1170 g/mol. The monoisotopic (exact) mass is 1240 g/mol. The molecule has 8 aromatic rings. The number of benzene rings is 4. The van der Waals surface area contributed by atoms with Gasteiger partial charge in [-0.2, -0.15) is 9.97 Å². The number of halogens is 7. The highest BCUT2D eigenvalue weighted by molar-refractivity contribution is 6.76.